The quantitative estimate of drug-likeness (QED) is 0.884. The Morgan fingerprint density at radius 2 is 2.00 bits per heavy atom. The Bertz CT molecular complexity index is 446. The lowest BCUT2D eigenvalue weighted by Gasteiger charge is -2.29. The molecule has 20 heavy (non-hydrogen) atoms. The van der Waals surface area contributed by atoms with Crippen LogP contribution in [0.5, 0.6) is 0 Å². The van der Waals surface area contributed by atoms with Crippen LogP contribution in [0, 0.1) is 0 Å². The molecule has 0 radical (unpaired) electrons. The van der Waals surface area contributed by atoms with E-state index in [1.807, 2.05) is 12.1 Å². The highest BCUT2D eigenvalue weighted by atomic mass is 79.9. The van der Waals surface area contributed by atoms with Gasteiger partial charge in [0, 0.05) is 23.0 Å². The van der Waals surface area contributed by atoms with E-state index in [9.17, 15) is 4.79 Å². The zero-order chi connectivity index (χ0) is 14.5. The molecule has 1 fully saturated rings. The minimum atomic E-state index is 0.114. The van der Waals surface area contributed by atoms with Gasteiger partial charge in [-0.05, 0) is 36.5 Å². The monoisotopic (exact) mass is 338 g/mol. The van der Waals surface area contributed by atoms with Gasteiger partial charge in [-0.1, -0.05) is 47.8 Å². The van der Waals surface area contributed by atoms with Crippen molar-refractivity contribution >= 4 is 21.8 Å². The zero-order valence-electron chi connectivity index (χ0n) is 11.9. The van der Waals surface area contributed by atoms with Crippen molar-refractivity contribution in [2.24, 2.45) is 5.73 Å². The molecular weight excluding hydrogens is 316 g/mol. The number of nitrogens with one attached hydrogen (secondary N) is 1. The minimum absolute atomic E-state index is 0.114. The van der Waals surface area contributed by atoms with E-state index in [4.69, 9.17) is 5.73 Å². The maximum atomic E-state index is 12.1. The van der Waals surface area contributed by atoms with Gasteiger partial charge in [-0.2, -0.15) is 0 Å². The van der Waals surface area contributed by atoms with Crippen LogP contribution in [-0.2, 0) is 4.79 Å². The number of rotatable bonds is 4. The molecule has 1 aromatic rings. The van der Waals surface area contributed by atoms with Crippen LogP contribution >= 0.6 is 15.9 Å². The number of carbonyl (C=O) groups is 1. The van der Waals surface area contributed by atoms with Crippen LogP contribution in [0.1, 0.15) is 50.5 Å². The highest BCUT2D eigenvalue weighted by molar-refractivity contribution is 9.10. The molecule has 0 bridgehead atoms. The number of hydrogen-bond donors (Lipinski definition) is 2. The highest BCUT2D eigenvalue weighted by Gasteiger charge is 2.23. The van der Waals surface area contributed by atoms with Gasteiger partial charge in [-0.3, -0.25) is 4.79 Å². The summed E-state index contributed by atoms with van der Waals surface area (Å²) in [5, 5.41) is 3.11. The Morgan fingerprint density at radius 1 is 1.35 bits per heavy atom. The van der Waals surface area contributed by atoms with Gasteiger partial charge >= 0.3 is 0 Å². The van der Waals surface area contributed by atoms with Crippen molar-refractivity contribution in [3.63, 3.8) is 0 Å². The molecule has 3 unspecified atom stereocenters. The number of amides is 1. The van der Waals surface area contributed by atoms with Gasteiger partial charge in [-0.15, -0.1) is 0 Å². The van der Waals surface area contributed by atoms with E-state index in [0.29, 0.717) is 6.42 Å². The summed E-state index contributed by atoms with van der Waals surface area (Å²) in [5.41, 5.74) is 7.26. The number of hydrogen-bond acceptors (Lipinski definition) is 2. The van der Waals surface area contributed by atoms with Crippen LogP contribution in [0.4, 0.5) is 0 Å². The summed E-state index contributed by atoms with van der Waals surface area (Å²) < 4.78 is 1.06. The van der Waals surface area contributed by atoms with Gasteiger partial charge in [-0.25, -0.2) is 0 Å². The average Bonchev–Trinajstić information content (AvgIpc) is 2.42. The van der Waals surface area contributed by atoms with Crippen LogP contribution < -0.4 is 11.1 Å². The summed E-state index contributed by atoms with van der Waals surface area (Å²) in [6.07, 6.45) is 4.90. The van der Waals surface area contributed by atoms with Crippen molar-refractivity contribution in [1.29, 1.82) is 0 Å². The van der Waals surface area contributed by atoms with Crippen LogP contribution in [-0.4, -0.2) is 18.0 Å². The normalized spacial score (nSPS) is 24.1. The summed E-state index contributed by atoms with van der Waals surface area (Å²) >= 11 is 3.42. The Labute approximate surface area is 129 Å². The second-order valence-electron chi connectivity index (χ2n) is 5.78. The summed E-state index contributed by atoms with van der Waals surface area (Å²) in [6.45, 7) is 2.09. The molecule has 1 amide bonds. The molecule has 0 aromatic heterocycles. The van der Waals surface area contributed by atoms with Gasteiger partial charge in [0.1, 0.15) is 0 Å². The van der Waals surface area contributed by atoms with Crippen LogP contribution in [0.25, 0.3) is 0 Å². The smallest absolute Gasteiger partial charge is 0.220 e. The molecule has 2 rings (SSSR count). The number of benzene rings is 1. The first-order valence-electron chi connectivity index (χ1n) is 7.36. The lowest BCUT2D eigenvalue weighted by atomic mass is 9.90. The lowest BCUT2D eigenvalue weighted by Crippen LogP contribution is -2.49. The molecule has 0 aliphatic heterocycles. The predicted octanol–water partition coefficient (Wildman–Crippen LogP) is 3.33. The summed E-state index contributed by atoms with van der Waals surface area (Å²) in [4.78, 5) is 12.1. The molecule has 1 aliphatic carbocycles. The molecular formula is C16H23BrN2O. The molecule has 4 heteroatoms. The predicted molar refractivity (Wildman–Crippen MR) is 85.5 cm³/mol. The van der Waals surface area contributed by atoms with Gasteiger partial charge in [0.2, 0.25) is 5.91 Å². The van der Waals surface area contributed by atoms with Crippen molar-refractivity contribution in [3.05, 3.63) is 34.3 Å². The SMILES string of the molecule is CC(CC(=O)NC1CCCCC1N)c1ccc(Br)cc1. The summed E-state index contributed by atoms with van der Waals surface area (Å²) in [5.74, 6) is 0.339. The lowest BCUT2D eigenvalue weighted by molar-refractivity contribution is -0.122. The third-order valence-electron chi connectivity index (χ3n) is 4.10. The van der Waals surface area contributed by atoms with E-state index in [2.05, 4.69) is 40.3 Å². The second kappa shape index (κ2) is 7.23. The topological polar surface area (TPSA) is 55.1 Å². The van der Waals surface area contributed by atoms with Crippen molar-refractivity contribution in [2.75, 3.05) is 0 Å². The van der Waals surface area contributed by atoms with Crippen molar-refractivity contribution in [2.45, 2.75) is 57.0 Å². The summed E-state index contributed by atoms with van der Waals surface area (Å²) in [6, 6.07) is 8.44. The Hall–Kier alpha value is -0.870. The van der Waals surface area contributed by atoms with E-state index in [1.165, 1.54) is 18.4 Å². The van der Waals surface area contributed by atoms with Crippen molar-refractivity contribution in [3.8, 4) is 0 Å². The Balaban J connectivity index is 1.85. The molecule has 0 heterocycles. The van der Waals surface area contributed by atoms with Crippen LogP contribution in [0.15, 0.2) is 28.7 Å². The first-order chi connectivity index (χ1) is 9.56. The van der Waals surface area contributed by atoms with E-state index < -0.39 is 0 Å². The third-order valence-corrected chi connectivity index (χ3v) is 4.63. The van der Waals surface area contributed by atoms with Gasteiger partial charge in [0.25, 0.3) is 0 Å². The second-order valence-corrected chi connectivity index (χ2v) is 6.69. The minimum Gasteiger partial charge on any atom is -0.352 e. The third kappa shape index (κ3) is 4.32. The molecule has 3 atom stereocenters. The van der Waals surface area contributed by atoms with Gasteiger partial charge < -0.3 is 11.1 Å². The molecule has 0 spiro atoms. The molecule has 1 saturated carbocycles. The fourth-order valence-corrected chi connectivity index (χ4v) is 3.06. The molecule has 1 aliphatic rings. The van der Waals surface area contributed by atoms with E-state index >= 15 is 0 Å². The number of halogens is 1. The van der Waals surface area contributed by atoms with Gasteiger partial charge in [0.05, 0.1) is 0 Å². The fraction of sp³-hybridized carbons (Fsp3) is 0.562. The fourth-order valence-electron chi connectivity index (χ4n) is 2.79. The number of nitrogens with two attached hydrogens (primary N) is 1. The highest BCUT2D eigenvalue weighted by Crippen LogP contribution is 2.22. The molecule has 110 valence electrons. The maximum Gasteiger partial charge on any atom is 0.220 e. The Morgan fingerprint density at radius 3 is 2.65 bits per heavy atom. The van der Waals surface area contributed by atoms with E-state index in [0.717, 1.165) is 17.3 Å². The largest absolute Gasteiger partial charge is 0.352 e. The summed E-state index contributed by atoms with van der Waals surface area (Å²) in [7, 11) is 0. The van der Waals surface area contributed by atoms with Gasteiger partial charge in [0.15, 0.2) is 0 Å². The van der Waals surface area contributed by atoms with Crippen molar-refractivity contribution < 1.29 is 4.79 Å². The zero-order valence-corrected chi connectivity index (χ0v) is 13.5. The molecule has 1 aromatic carbocycles. The Kier molecular flexibility index (Phi) is 5.61. The van der Waals surface area contributed by atoms with Crippen LogP contribution in [0.2, 0.25) is 0 Å². The first-order valence-corrected chi connectivity index (χ1v) is 8.16. The van der Waals surface area contributed by atoms with E-state index in [1.54, 1.807) is 0 Å². The first kappa shape index (κ1) is 15.5. The maximum absolute atomic E-state index is 12.1. The molecule has 3 nitrogen and oxygen atoms in total. The van der Waals surface area contributed by atoms with Crippen LogP contribution in [0.3, 0.4) is 0 Å². The van der Waals surface area contributed by atoms with Crippen molar-refractivity contribution in [1.82, 2.24) is 5.32 Å². The van der Waals surface area contributed by atoms with E-state index in [-0.39, 0.29) is 23.9 Å². The standard InChI is InChI=1S/C16H23BrN2O/c1-11(12-6-8-13(17)9-7-12)10-16(20)19-15-5-3-2-4-14(15)18/h6-9,11,14-15H,2-5,10,18H2,1H3,(H,19,20). The molecule has 3 N–H and O–H groups in total. The average molecular weight is 339 g/mol. The number of carbonyl (C=O) groups excluding carboxylic acids is 1. The molecule has 0 saturated heterocycles.